The Balaban J connectivity index is 3.16. The quantitative estimate of drug-likeness (QED) is 0.722. The Morgan fingerprint density at radius 2 is 2.06 bits per heavy atom. The van der Waals surface area contributed by atoms with Crippen molar-refractivity contribution in [2.24, 2.45) is 0 Å². The molecule has 16 heavy (non-hydrogen) atoms. The molecule has 4 heteroatoms. The summed E-state index contributed by atoms with van der Waals surface area (Å²) in [4.78, 5) is 23.4. The number of allylic oxidation sites excluding steroid dienone is 2. The molecule has 0 amide bonds. The third-order valence-corrected chi connectivity index (χ3v) is 2.29. The molecule has 1 aromatic rings. The minimum Gasteiger partial charge on any atom is -0.300 e. The van der Waals surface area contributed by atoms with E-state index in [0.717, 1.165) is 12.0 Å². The Kier molecular flexibility index (Phi) is 4.28. The topological polar surface area (TPSA) is 44.0 Å². The lowest BCUT2D eigenvalue weighted by Crippen LogP contribution is -2.38. The van der Waals surface area contributed by atoms with Crippen LogP contribution >= 0.6 is 0 Å². The monoisotopic (exact) mass is 222 g/mol. The predicted octanol–water partition coefficient (Wildman–Crippen LogP) is 1.39. The SMILES string of the molecule is CCCn1ccc(=O)n(CC=C(C)C)c1=O. The van der Waals surface area contributed by atoms with Gasteiger partial charge in [-0.3, -0.25) is 9.36 Å². The molecule has 0 fully saturated rings. The minimum absolute atomic E-state index is 0.230. The average Bonchev–Trinajstić information content (AvgIpc) is 2.22. The van der Waals surface area contributed by atoms with Crippen LogP contribution in [0.1, 0.15) is 27.2 Å². The van der Waals surface area contributed by atoms with Crippen LogP contribution in [-0.2, 0) is 13.1 Å². The fraction of sp³-hybridized carbons (Fsp3) is 0.500. The highest BCUT2D eigenvalue weighted by atomic mass is 16.2. The van der Waals surface area contributed by atoms with Gasteiger partial charge in [-0.1, -0.05) is 18.6 Å². The van der Waals surface area contributed by atoms with Crippen molar-refractivity contribution in [2.75, 3.05) is 0 Å². The van der Waals surface area contributed by atoms with Gasteiger partial charge in [0, 0.05) is 25.4 Å². The van der Waals surface area contributed by atoms with Crippen LogP contribution in [0.2, 0.25) is 0 Å². The normalized spacial score (nSPS) is 10.2. The lowest BCUT2D eigenvalue weighted by atomic mass is 10.3. The molecule has 1 heterocycles. The van der Waals surface area contributed by atoms with Crippen molar-refractivity contribution in [1.29, 1.82) is 0 Å². The van der Waals surface area contributed by atoms with Gasteiger partial charge in [-0.15, -0.1) is 0 Å². The maximum atomic E-state index is 11.9. The van der Waals surface area contributed by atoms with Gasteiger partial charge < -0.3 is 4.57 Å². The molecule has 0 aliphatic heterocycles. The highest BCUT2D eigenvalue weighted by Gasteiger charge is 2.02. The smallest absolute Gasteiger partial charge is 0.300 e. The molecule has 0 aromatic carbocycles. The zero-order valence-corrected chi connectivity index (χ0v) is 10.1. The molecule has 0 aliphatic rings. The first-order valence-corrected chi connectivity index (χ1v) is 5.50. The molecule has 0 saturated heterocycles. The number of hydrogen-bond donors (Lipinski definition) is 0. The Hall–Kier alpha value is -1.58. The number of rotatable bonds is 4. The molecule has 4 nitrogen and oxygen atoms in total. The number of aryl methyl sites for hydroxylation is 1. The van der Waals surface area contributed by atoms with Crippen molar-refractivity contribution in [3.05, 3.63) is 44.8 Å². The molecule has 0 radical (unpaired) electrons. The Morgan fingerprint density at radius 1 is 1.38 bits per heavy atom. The van der Waals surface area contributed by atoms with Crippen LogP contribution in [0.5, 0.6) is 0 Å². The van der Waals surface area contributed by atoms with Crippen molar-refractivity contribution in [3.8, 4) is 0 Å². The van der Waals surface area contributed by atoms with Gasteiger partial charge in [0.25, 0.3) is 5.56 Å². The standard InChI is InChI=1S/C12H18N2O2/c1-4-7-13-8-6-11(15)14(12(13)16)9-5-10(2)3/h5-6,8H,4,7,9H2,1-3H3. The number of aromatic nitrogens is 2. The molecule has 1 rings (SSSR count). The van der Waals surface area contributed by atoms with E-state index in [1.54, 1.807) is 10.8 Å². The van der Waals surface area contributed by atoms with Gasteiger partial charge in [-0.25, -0.2) is 4.79 Å². The first-order chi connectivity index (χ1) is 7.56. The second-order valence-electron chi connectivity index (χ2n) is 4.02. The van der Waals surface area contributed by atoms with E-state index < -0.39 is 0 Å². The molecule has 88 valence electrons. The van der Waals surface area contributed by atoms with Crippen LogP contribution in [0.4, 0.5) is 0 Å². The van der Waals surface area contributed by atoms with Crippen molar-refractivity contribution < 1.29 is 0 Å². The molecule has 0 atom stereocenters. The van der Waals surface area contributed by atoms with Gasteiger partial charge in [-0.2, -0.15) is 0 Å². The van der Waals surface area contributed by atoms with Crippen molar-refractivity contribution in [1.82, 2.24) is 9.13 Å². The van der Waals surface area contributed by atoms with E-state index in [4.69, 9.17) is 0 Å². The molecule has 0 spiro atoms. The highest BCUT2D eigenvalue weighted by molar-refractivity contribution is 4.95. The van der Waals surface area contributed by atoms with E-state index in [9.17, 15) is 9.59 Å². The molecule has 0 unspecified atom stereocenters. The largest absolute Gasteiger partial charge is 0.331 e. The van der Waals surface area contributed by atoms with Crippen LogP contribution in [0.15, 0.2) is 33.5 Å². The first-order valence-electron chi connectivity index (χ1n) is 5.50. The van der Waals surface area contributed by atoms with E-state index >= 15 is 0 Å². The van der Waals surface area contributed by atoms with Crippen LogP contribution in [-0.4, -0.2) is 9.13 Å². The van der Waals surface area contributed by atoms with Crippen LogP contribution in [0.3, 0.4) is 0 Å². The zero-order valence-electron chi connectivity index (χ0n) is 10.1. The third-order valence-electron chi connectivity index (χ3n) is 2.29. The van der Waals surface area contributed by atoms with Gasteiger partial charge in [0.1, 0.15) is 0 Å². The second-order valence-corrected chi connectivity index (χ2v) is 4.02. The van der Waals surface area contributed by atoms with Gasteiger partial charge in [0.15, 0.2) is 0 Å². The zero-order chi connectivity index (χ0) is 12.1. The third kappa shape index (κ3) is 2.95. The van der Waals surface area contributed by atoms with E-state index in [1.165, 1.54) is 10.6 Å². The maximum Gasteiger partial charge on any atom is 0.331 e. The Morgan fingerprint density at radius 3 is 2.62 bits per heavy atom. The summed E-state index contributed by atoms with van der Waals surface area (Å²) in [6.45, 7) is 6.88. The van der Waals surface area contributed by atoms with E-state index in [2.05, 4.69) is 0 Å². The summed E-state index contributed by atoms with van der Waals surface area (Å²) >= 11 is 0. The van der Waals surface area contributed by atoms with Crippen molar-refractivity contribution in [3.63, 3.8) is 0 Å². The summed E-state index contributed by atoms with van der Waals surface area (Å²) in [5.74, 6) is 0. The molecule has 0 saturated carbocycles. The lowest BCUT2D eigenvalue weighted by molar-refractivity contribution is 0.574. The second kappa shape index (κ2) is 5.49. The van der Waals surface area contributed by atoms with Crippen molar-refractivity contribution >= 4 is 0 Å². The van der Waals surface area contributed by atoms with E-state index in [-0.39, 0.29) is 11.2 Å². The van der Waals surface area contributed by atoms with E-state index in [1.807, 2.05) is 26.8 Å². The Labute approximate surface area is 94.8 Å². The lowest BCUT2D eigenvalue weighted by Gasteiger charge is -2.07. The van der Waals surface area contributed by atoms with Gasteiger partial charge in [-0.05, 0) is 20.3 Å². The average molecular weight is 222 g/mol. The van der Waals surface area contributed by atoms with Crippen LogP contribution < -0.4 is 11.2 Å². The first kappa shape index (κ1) is 12.5. The highest BCUT2D eigenvalue weighted by Crippen LogP contribution is 1.89. The molecular formula is C12H18N2O2. The summed E-state index contributed by atoms with van der Waals surface area (Å²) < 4.78 is 2.82. The summed E-state index contributed by atoms with van der Waals surface area (Å²) in [5, 5.41) is 0. The van der Waals surface area contributed by atoms with Crippen LogP contribution in [0, 0.1) is 0 Å². The summed E-state index contributed by atoms with van der Waals surface area (Å²) in [5.41, 5.74) is 0.624. The fourth-order valence-electron chi connectivity index (χ4n) is 1.41. The minimum atomic E-state index is -0.241. The fourth-order valence-corrected chi connectivity index (χ4v) is 1.41. The Bertz CT molecular complexity index is 490. The summed E-state index contributed by atoms with van der Waals surface area (Å²) in [6, 6.07) is 1.44. The molecule has 1 aromatic heterocycles. The summed E-state index contributed by atoms with van der Waals surface area (Å²) in [7, 11) is 0. The van der Waals surface area contributed by atoms with E-state index in [0.29, 0.717) is 13.1 Å². The maximum absolute atomic E-state index is 11.9. The molecule has 0 aliphatic carbocycles. The predicted molar refractivity (Wildman–Crippen MR) is 64.7 cm³/mol. The summed E-state index contributed by atoms with van der Waals surface area (Å²) in [6.07, 6.45) is 4.31. The molecular weight excluding hydrogens is 204 g/mol. The van der Waals surface area contributed by atoms with Gasteiger partial charge >= 0.3 is 5.69 Å². The molecule has 0 N–H and O–H groups in total. The van der Waals surface area contributed by atoms with Gasteiger partial charge in [0.2, 0.25) is 0 Å². The van der Waals surface area contributed by atoms with Gasteiger partial charge in [0.05, 0.1) is 0 Å². The molecule has 0 bridgehead atoms. The number of nitrogens with zero attached hydrogens (tertiary/aromatic N) is 2. The number of hydrogen-bond acceptors (Lipinski definition) is 2. The van der Waals surface area contributed by atoms with Crippen molar-refractivity contribution in [2.45, 2.75) is 40.3 Å². The van der Waals surface area contributed by atoms with Crippen LogP contribution in [0.25, 0.3) is 0 Å².